The Morgan fingerprint density at radius 2 is 1.69 bits per heavy atom. The van der Waals surface area contributed by atoms with E-state index in [-0.39, 0.29) is 30.3 Å². The normalized spacial score (nSPS) is 17.3. The SMILES string of the molecule is Cl.N[C@@H]1CCN(C(=O)C(Cc2ccccc2)NC(=O)c2ccccc2)C1. The highest BCUT2D eigenvalue weighted by molar-refractivity contribution is 5.97. The summed E-state index contributed by atoms with van der Waals surface area (Å²) in [7, 11) is 0. The predicted octanol–water partition coefficient (Wildman–Crippen LogP) is 2.01. The van der Waals surface area contributed by atoms with Crippen molar-refractivity contribution >= 4 is 24.2 Å². The maximum Gasteiger partial charge on any atom is 0.251 e. The van der Waals surface area contributed by atoms with Crippen LogP contribution in [0.25, 0.3) is 0 Å². The fraction of sp³-hybridized carbons (Fsp3) is 0.300. The van der Waals surface area contributed by atoms with Crippen LogP contribution in [0.15, 0.2) is 60.7 Å². The summed E-state index contributed by atoms with van der Waals surface area (Å²) in [5, 5.41) is 2.90. The zero-order chi connectivity index (χ0) is 17.6. The number of benzene rings is 2. The predicted molar refractivity (Wildman–Crippen MR) is 104 cm³/mol. The van der Waals surface area contributed by atoms with E-state index in [0.717, 1.165) is 12.0 Å². The lowest BCUT2D eigenvalue weighted by molar-refractivity contribution is -0.132. The first kappa shape index (κ1) is 19.9. The number of carbonyl (C=O) groups is 2. The highest BCUT2D eigenvalue weighted by Gasteiger charge is 2.30. The number of nitrogens with zero attached hydrogens (tertiary/aromatic N) is 1. The van der Waals surface area contributed by atoms with Crippen LogP contribution in [0.3, 0.4) is 0 Å². The summed E-state index contributed by atoms with van der Waals surface area (Å²) in [5.74, 6) is -0.306. The minimum Gasteiger partial charge on any atom is -0.340 e. The van der Waals surface area contributed by atoms with Gasteiger partial charge in [0.25, 0.3) is 5.91 Å². The number of rotatable bonds is 5. The van der Waals surface area contributed by atoms with Gasteiger partial charge < -0.3 is 16.0 Å². The molecule has 2 aromatic carbocycles. The van der Waals surface area contributed by atoms with Crippen molar-refractivity contribution in [2.24, 2.45) is 5.73 Å². The van der Waals surface area contributed by atoms with E-state index in [2.05, 4.69) is 5.32 Å². The molecular weight excluding hydrogens is 350 g/mol. The zero-order valence-electron chi connectivity index (χ0n) is 14.5. The lowest BCUT2D eigenvalue weighted by Gasteiger charge is -2.24. The number of halogens is 1. The Labute approximate surface area is 160 Å². The molecule has 2 amide bonds. The Hall–Kier alpha value is -2.37. The molecule has 0 bridgehead atoms. The van der Waals surface area contributed by atoms with Crippen LogP contribution in [-0.4, -0.2) is 41.9 Å². The molecule has 3 N–H and O–H groups in total. The van der Waals surface area contributed by atoms with Crippen LogP contribution in [0, 0.1) is 0 Å². The van der Waals surface area contributed by atoms with Crippen LogP contribution in [0.1, 0.15) is 22.3 Å². The van der Waals surface area contributed by atoms with Gasteiger partial charge in [-0.15, -0.1) is 12.4 Å². The van der Waals surface area contributed by atoms with Crippen LogP contribution in [0.4, 0.5) is 0 Å². The minimum absolute atomic E-state index is 0. The van der Waals surface area contributed by atoms with Gasteiger partial charge in [-0.05, 0) is 24.1 Å². The molecule has 6 heteroatoms. The van der Waals surface area contributed by atoms with Gasteiger partial charge in [-0.3, -0.25) is 9.59 Å². The highest BCUT2D eigenvalue weighted by Crippen LogP contribution is 2.12. The number of carbonyl (C=O) groups excluding carboxylic acids is 2. The van der Waals surface area contributed by atoms with E-state index in [4.69, 9.17) is 5.73 Å². The largest absolute Gasteiger partial charge is 0.340 e. The smallest absolute Gasteiger partial charge is 0.251 e. The summed E-state index contributed by atoms with van der Waals surface area (Å²) in [4.78, 5) is 27.2. The molecule has 1 aliphatic heterocycles. The molecule has 2 atom stereocenters. The first-order valence-corrected chi connectivity index (χ1v) is 8.57. The fourth-order valence-electron chi connectivity index (χ4n) is 3.09. The lowest BCUT2D eigenvalue weighted by atomic mass is 10.0. The van der Waals surface area contributed by atoms with Gasteiger partial charge in [-0.1, -0.05) is 48.5 Å². The van der Waals surface area contributed by atoms with Gasteiger partial charge in [-0.25, -0.2) is 0 Å². The molecule has 1 fully saturated rings. The number of nitrogens with one attached hydrogen (secondary N) is 1. The van der Waals surface area contributed by atoms with Crippen molar-refractivity contribution in [1.82, 2.24) is 10.2 Å². The Morgan fingerprint density at radius 3 is 2.27 bits per heavy atom. The van der Waals surface area contributed by atoms with E-state index in [1.165, 1.54) is 0 Å². The van der Waals surface area contributed by atoms with Crippen molar-refractivity contribution in [3.05, 3.63) is 71.8 Å². The second kappa shape index (κ2) is 9.36. The first-order chi connectivity index (χ1) is 12.1. The second-order valence-corrected chi connectivity index (χ2v) is 6.41. The quantitative estimate of drug-likeness (QED) is 0.841. The molecule has 5 nitrogen and oxygen atoms in total. The molecule has 1 saturated heterocycles. The number of nitrogens with two attached hydrogens (primary N) is 1. The summed E-state index contributed by atoms with van der Waals surface area (Å²) in [6.07, 6.45) is 1.26. The number of hydrogen-bond acceptors (Lipinski definition) is 3. The maximum atomic E-state index is 12.9. The molecule has 1 heterocycles. The Balaban J connectivity index is 0.00000243. The third-order valence-corrected chi connectivity index (χ3v) is 4.46. The third-order valence-electron chi connectivity index (χ3n) is 4.46. The average Bonchev–Trinajstić information content (AvgIpc) is 3.08. The topological polar surface area (TPSA) is 75.4 Å². The van der Waals surface area contributed by atoms with Crippen molar-refractivity contribution < 1.29 is 9.59 Å². The van der Waals surface area contributed by atoms with Gasteiger partial charge in [0.15, 0.2) is 0 Å². The number of likely N-dealkylation sites (tertiary alicyclic amines) is 1. The summed E-state index contributed by atoms with van der Waals surface area (Å²) >= 11 is 0. The molecule has 0 aliphatic carbocycles. The summed E-state index contributed by atoms with van der Waals surface area (Å²) in [5.41, 5.74) is 7.49. The zero-order valence-corrected chi connectivity index (χ0v) is 15.3. The van der Waals surface area contributed by atoms with Gasteiger partial charge in [0, 0.05) is 31.1 Å². The standard InChI is InChI=1S/C20H23N3O2.ClH/c21-17-11-12-23(14-17)20(25)18(13-15-7-3-1-4-8-15)22-19(24)16-9-5-2-6-10-16;/h1-10,17-18H,11-14,21H2,(H,22,24);1H/t17-,18?;/m1./s1. The molecule has 3 rings (SSSR count). The van der Waals surface area contributed by atoms with E-state index in [1.807, 2.05) is 48.5 Å². The van der Waals surface area contributed by atoms with Gasteiger partial charge >= 0.3 is 0 Å². The van der Waals surface area contributed by atoms with E-state index in [9.17, 15) is 9.59 Å². The molecule has 1 unspecified atom stereocenters. The van der Waals surface area contributed by atoms with Crippen molar-refractivity contribution in [2.75, 3.05) is 13.1 Å². The Kier molecular flexibility index (Phi) is 7.18. The third kappa shape index (κ3) is 5.07. The van der Waals surface area contributed by atoms with Crippen molar-refractivity contribution in [3.63, 3.8) is 0 Å². The van der Waals surface area contributed by atoms with Crippen LogP contribution in [-0.2, 0) is 11.2 Å². The maximum absolute atomic E-state index is 12.9. The van der Waals surface area contributed by atoms with Gasteiger partial charge in [-0.2, -0.15) is 0 Å². The van der Waals surface area contributed by atoms with E-state index in [0.29, 0.717) is 25.1 Å². The minimum atomic E-state index is -0.597. The molecule has 0 aromatic heterocycles. The van der Waals surface area contributed by atoms with Crippen molar-refractivity contribution in [3.8, 4) is 0 Å². The molecule has 0 saturated carbocycles. The molecule has 138 valence electrons. The number of hydrogen-bond donors (Lipinski definition) is 2. The summed E-state index contributed by atoms with van der Waals surface area (Å²) in [6, 6.07) is 18.1. The molecular formula is C20H24ClN3O2. The average molecular weight is 374 g/mol. The van der Waals surface area contributed by atoms with Crippen molar-refractivity contribution in [2.45, 2.75) is 24.9 Å². The molecule has 0 radical (unpaired) electrons. The van der Waals surface area contributed by atoms with Crippen LogP contribution < -0.4 is 11.1 Å². The first-order valence-electron chi connectivity index (χ1n) is 8.57. The van der Waals surface area contributed by atoms with Gasteiger partial charge in [0.05, 0.1) is 0 Å². The van der Waals surface area contributed by atoms with E-state index >= 15 is 0 Å². The van der Waals surface area contributed by atoms with Crippen molar-refractivity contribution in [1.29, 1.82) is 0 Å². The Morgan fingerprint density at radius 1 is 1.08 bits per heavy atom. The fourth-order valence-corrected chi connectivity index (χ4v) is 3.09. The van der Waals surface area contributed by atoms with Crippen LogP contribution in [0.5, 0.6) is 0 Å². The molecule has 1 aliphatic rings. The van der Waals surface area contributed by atoms with Crippen LogP contribution in [0.2, 0.25) is 0 Å². The monoisotopic (exact) mass is 373 g/mol. The van der Waals surface area contributed by atoms with Gasteiger partial charge in [0.2, 0.25) is 5.91 Å². The van der Waals surface area contributed by atoms with E-state index in [1.54, 1.807) is 17.0 Å². The van der Waals surface area contributed by atoms with E-state index < -0.39 is 6.04 Å². The van der Waals surface area contributed by atoms with Gasteiger partial charge in [0.1, 0.15) is 6.04 Å². The molecule has 2 aromatic rings. The second-order valence-electron chi connectivity index (χ2n) is 6.41. The lowest BCUT2D eigenvalue weighted by Crippen LogP contribution is -2.49. The number of amides is 2. The highest BCUT2D eigenvalue weighted by atomic mass is 35.5. The van der Waals surface area contributed by atoms with Crippen LogP contribution >= 0.6 is 12.4 Å². The molecule has 26 heavy (non-hydrogen) atoms. The Bertz CT molecular complexity index is 724. The summed E-state index contributed by atoms with van der Waals surface area (Å²) in [6.45, 7) is 1.19. The summed E-state index contributed by atoms with van der Waals surface area (Å²) < 4.78 is 0. The molecule has 0 spiro atoms.